The summed E-state index contributed by atoms with van der Waals surface area (Å²) in [6.07, 6.45) is 4.41. The number of hydrogen-bond donors (Lipinski definition) is 2. The van der Waals surface area contributed by atoms with E-state index < -0.39 is 0 Å². The Labute approximate surface area is 84.4 Å². The molecule has 2 aliphatic rings. The molecule has 80 valence electrons. The maximum atomic E-state index is 10.9. The summed E-state index contributed by atoms with van der Waals surface area (Å²) in [4.78, 5) is 10.9. The van der Waals surface area contributed by atoms with E-state index in [0.29, 0.717) is 12.6 Å². The molecule has 2 heterocycles. The minimum Gasteiger partial charge on any atom is -0.441 e. The van der Waals surface area contributed by atoms with Gasteiger partial charge in [-0.3, -0.25) is 0 Å². The molecule has 2 aliphatic heterocycles. The molecule has 1 amide bonds. The van der Waals surface area contributed by atoms with Crippen LogP contribution in [-0.4, -0.2) is 30.8 Å². The van der Waals surface area contributed by atoms with E-state index in [1.807, 2.05) is 6.92 Å². The Hall–Kier alpha value is -0.770. The van der Waals surface area contributed by atoms with Gasteiger partial charge in [0, 0.05) is 12.5 Å². The Morgan fingerprint density at radius 2 is 2.43 bits per heavy atom. The van der Waals surface area contributed by atoms with E-state index in [-0.39, 0.29) is 11.7 Å². The van der Waals surface area contributed by atoms with Crippen LogP contribution in [0.2, 0.25) is 0 Å². The third-order valence-electron chi connectivity index (χ3n) is 3.04. The quantitative estimate of drug-likeness (QED) is 0.696. The number of carbonyl (C=O) groups excluding carboxylic acids is 1. The molecule has 0 aliphatic carbocycles. The number of hydrogen-bond acceptors (Lipinski definition) is 3. The number of rotatable bonds is 2. The summed E-state index contributed by atoms with van der Waals surface area (Å²) in [5.41, 5.74) is -0.300. The Bertz CT molecular complexity index is 226. The molecule has 0 aromatic rings. The van der Waals surface area contributed by atoms with Crippen LogP contribution in [0.1, 0.15) is 32.6 Å². The maximum Gasteiger partial charge on any atom is 0.407 e. The van der Waals surface area contributed by atoms with Gasteiger partial charge < -0.3 is 15.4 Å². The van der Waals surface area contributed by atoms with Crippen molar-refractivity contribution < 1.29 is 9.53 Å². The van der Waals surface area contributed by atoms with Crippen LogP contribution in [0.15, 0.2) is 0 Å². The van der Waals surface area contributed by atoms with Crippen molar-refractivity contribution >= 4 is 6.09 Å². The Morgan fingerprint density at radius 1 is 1.57 bits per heavy atom. The first-order chi connectivity index (χ1) is 6.68. The van der Waals surface area contributed by atoms with Crippen molar-refractivity contribution in [3.8, 4) is 0 Å². The first-order valence-corrected chi connectivity index (χ1v) is 5.38. The second-order valence-electron chi connectivity index (χ2n) is 4.54. The number of carbonyl (C=O) groups is 1. The van der Waals surface area contributed by atoms with Gasteiger partial charge in [-0.25, -0.2) is 4.79 Å². The fourth-order valence-corrected chi connectivity index (χ4v) is 2.29. The smallest absolute Gasteiger partial charge is 0.407 e. The highest BCUT2D eigenvalue weighted by molar-refractivity contribution is 5.70. The zero-order chi connectivity index (χ0) is 10.0. The number of alkyl carbamates (subject to hydrolysis) is 1. The summed E-state index contributed by atoms with van der Waals surface area (Å²) in [7, 11) is 0. The van der Waals surface area contributed by atoms with Crippen molar-refractivity contribution in [2.24, 2.45) is 0 Å². The highest BCUT2D eigenvalue weighted by Gasteiger charge is 2.37. The fraction of sp³-hybridized carbons (Fsp3) is 0.900. The van der Waals surface area contributed by atoms with E-state index >= 15 is 0 Å². The average molecular weight is 198 g/mol. The molecule has 0 aromatic heterocycles. The largest absolute Gasteiger partial charge is 0.441 e. The van der Waals surface area contributed by atoms with E-state index in [0.717, 1.165) is 13.0 Å². The second-order valence-corrected chi connectivity index (χ2v) is 4.54. The van der Waals surface area contributed by atoms with E-state index in [2.05, 4.69) is 10.6 Å². The molecule has 0 bridgehead atoms. The molecular weight excluding hydrogens is 180 g/mol. The van der Waals surface area contributed by atoms with Gasteiger partial charge in [0.25, 0.3) is 0 Å². The molecule has 2 N–H and O–H groups in total. The summed E-state index contributed by atoms with van der Waals surface area (Å²) in [5.74, 6) is 0. The van der Waals surface area contributed by atoms with Crippen molar-refractivity contribution in [2.75, 3.05) is 13.1 Å². The lowest BCUT2D eigenvalue weighted by Gasteiger charge is -2.30. The van der Waals surface area contributed by atoms with Gasteiger partial charge in [0.15, 0.2) is 0 Å². The summed E-state index contributed by atoms with van der Waals surface area (Å²) in [5, 5.41) is 6.18. The molecule has 14 heavy (non-hydrogen) atoms. The number of piperidine rings is 1. The third-order valence-corrected chi connectivity index (χ3v) is 3.04. The third kappa shape index (κ3) is 2.18. The Kier molecular flexibility index (Phi) is 2.63. The highest BCUT2D eigenvalue weighted by atomic mass is 16.6. The molecule has 2 fully saturated rings. The molecule has 2 unspecified atom stereocenters. The monoisotopic (exact) mass is 198 g/mol. The van der Waals surface area contributed by atoms with Gasteiger partial charge in [-0.1, -0.05) is 6.42 Å². The molecular formula is C10H18N2O2. The summed E-state index contributed by atoms with van der Waals surface area (Å²) >= 11 is 0. The maximum absolute atomic E-state index is 10.9. The van der Waals surface area contributed by atoms with E-state index in [4.69, 9.17) is 4.74 Å². The number of amides is 1. The molecule has 4 heteroatoms. The van der Waals surface area contributed by atoms with Gasteiger partial charge in [-0.2, -0.15) is 0 Å². The molecule has 0 radical (unpaired) electrons. The Balaban J connectivity index is 1.86. The minimum atomic E-state index is -0.300. The first kappa shape index (κ1) is 9.77. The van der Waals surface area contributed by atoms with E-state index in [1.54, 1.807) is 0 Å². The SMILES string of the molecule is CC1(CC2CCCCN2)CNC(=O)O1. The highest BCUT2D eigenvalue weighted by Crippen LogP contribution is 2.24. The van der Waals surface area contributed by atoms with E-state index in [9.17, 15) is 4.79 Å². The molecule has 4 nitrogen and oxygen atoms in total. The predicted octanol–water partition coefficient (Wildman–Crippen LogP) is 1.02. The number of nitrogens with one attached hydrogen (secondary N) is 2. The van der Waals surface area contributed by atoms with Crippen LogP contribution in [0, 0.1) is 0 Å². The van der Waals surface area contributed by atoms with Crippen LogP contribution in [0.5, 0.6) is 0 Å². The minimum absolute atomic E-state index is 0.275. The standard InChI is InChI=1S/C10H18N2O2/c1-10(7-12-9(13)14-10)6-8-4-2-3-5-11-8/h8,11H,2-7H2,1H3,(H,12,13). The van der Waals surface area contributed by atoms with Crippen LogP contribution < -0.4 is 10.6 Å². The number of cyclic esters (lactones) is 1. The molecule has 2 atom stereocenters. The van der Waals surface area contributed by atoms with Gasteiger partial charge in [0.05, 0.1) is 6.54 Å². The van der Waals surface area contributed by atoms with Crippen LogP contribution >= 0.6 is 0 Å². The second kappa shape index (κ2) is 3.77. The average Bonchev–Trinajstić information content (AvgIpc) is 2.47. The lowest BCUT2D eigenvalue weighted by molar-refractivity contribution is 0.0534. The van der Waals surface area contributed by atoms with Crippen molar-refractivity contribution in [3.05, 3.63) is 0 Å². The van der Waals surface area contributed by atoms with Crippen molar-refractivity contribution in [3.63, 3.8) is 0 Å². The molecule has 0 aromatic carbocycles. The van der Waals surface area contributed by atoms with Crippen LogP contribution in [0.4, 0.5) is 4.79 Å². The molecule has 0 saturated carbocycles. The molecule has 2 saturated heterocycles. The Morgan fingerprint density at radius 3 is 3.00 bits per heavy atom. The summed E-state index contributed by atoms with van der Waals surface area (Å²) in [6, 6.07) is 0.515. The van der Waals surface area contributed by atoms with Gasteiger partial charge >= 0.3 is 6.09 Å². The van der Waals surface area contributed by atoms with Crippen molar-refractivity contribution in [1.29, 1.82) is 0 Å². The van der Waals surface area contributed by atoms with Crippen LogP contribution in [0.3, 0.4) is 0 Å². The summed E-state index contributed by atoms with van der Waals surface area (Å²) < 4.78 is 5.26. The van der Waals surface area contributed by atoms with Gasteiger partial charge in [0.2, 0.25) is 0 Å². The predicted molar refractivity (Wildman–Crippen MR) is 53.1 cm³/mol. The van der Waals surface area contributed by atoms with Crippen molar-refractivity contribution in [1.82, 2.24) is 10.6 Å². The normalized spacial score (nSPS) is 37.8. The molecule has 2 rings (SSSR count). The van der Waals surface area contributed by atoms with Gasteiger partial charge in [-0.15, -0.1) is 0 Å². The fourth-order valence-electron chi connectivity index (χ4n) is 2.29. The summed E-state index contributed by atoms with van der Waals surface area (Å²) in [6.45, 7) is 3.74. The zero-order valence-electron chi connectivity index (χ0n) is 8.64. The first-order valence-electron chi connectivity index (χ1n) is 5.38. The topological polar surface area (TPSA) is 50.4 Å². The zero-order valence-corrected chi connectivity index (χ0v) is 8.64. The lowest BCUT2D eigenvalue weighted by Crippen LogP contribution is -2.42. The molecule has 0 spiro atoms. The van der Waals surface area contributed by atoms with Gasteiger partial charge in [-0.05, 0) is 26.3 Å². The van der Waals surface area contributed by atoms with Crippen molar-refractivity contribution in [2.45, 2.75) is 44.2 Å². The number of ether oxygens (including phenoxy) is 1. The van der Waals surface area contributed by atoms with Crippen LogP contribution in [0.25, 0.3) is 0 Å². The van der Waals surface area contributed by atoms with Gasteiger partial charge in [0.1, 0.15) is 5.60 Å². The lowest BCUT2D eigenvalue weighted by atomic mass is 9.92. The van der Waals surface area contributed by atoms with Crippen LogP contribution in [-0.2, 0) is 4.74 Å². The van der Waals surface area contributed by atoms with E-state index in [1.165, 1.54) is 19.3 Å².